The Morgan fingerprint density at radius 1 is 1.13 bits per heavy atom. The molecule has 4 rings (SSSR count). The summed E-state index contributed by atoms with van der Waals surface area (Å²) < 4.78 is 11.6. The van der Waals surface area contributed by atoms with E-state index in [1.54, 1.807) is 14.2 Å². The molecule has 2 aromatic carbocycles. The Morgan fingerprint density at radius 2 is 1.84 bits per heavy atom. The predicted molar refractivity (Wildman–Crippen MR) is 124 cm³/mol. The van der Waals surface area contributed by atoms with E-state index in [-0.39, 0.29) is 18.0 Å². The summed E-state index contributed by atoms with van der Waals surface area (Å²) in [5.74, 6) is 1.44. The van der Waals surface area contributed by atoms with Crippen molar-refractivity contribution in [2.24, 2.45) is 0 Å². The molecule has 162 valence electrons. The Labute approximate surface area is 185 Å². The fourth-order valence-electron chi connectivity index (χ4n) is 5.23. The normalized spacial score (nSPS) is 19.6. The number of hydrogen-bond acceptors (Lipinski definition) is 3. The van der Waals surface area contributed by atoms with Gasteiger partial charge in [-0.2, -0.15) is 0 Å². The standard InChI is InChI=1S/C27H31NO3/c1-5-7-12-19-17-21-20-13-9-8-11-18(20)16-22(21)27(28(19)25(29)6-2)26-23(30-3)14-10-15-24(26)31-4/h6,8-11,13-15,19,27H,2,5,7,12,16-17H2,1,3-4H3/t19-,27+/m0/s1. The van der Waals surface area contributed by atoms with Crippen LogP contribution in [0.2, 0.25) is 0 Å². The van der Waals surface area contributed by atoms with Crippen LogP contribution in [0.15, 0.2) is 60.7 Å². The van der Waals surface area contributed by atoms with Crippen LogP contribution >= 0.6 is 0 Å². The van der Waals surface area contributed by atoms with Gasteiger partial charge >= 0.3 is 0 Å². The van der Waals surface area contributed by atoms with E-state index in [0.29, 0.717) is 0 Å². The fourth-order valence-corrected chi connectivity index (χ4v) is 5.23. The predicted octanol–water partition coefficient (Wildman–Crippen LogP) is 5.73. The number of hydrogen-bond donors (Lipinski definition) is 0. The summed E-state index contributed by atoms with van der Waals surface area (Å²) in [6.07, 6.45) is 6.28. The maximum absolute atomic E-state index is 13.3. The van der Waals surface area contributed by atoms with Crippen molar-refractivity contribution in [1.82, 2.24) is 4.90 Å². The third-order valence-electron chi connectivity index (χ3n) is 6.61. The van der Waals surface area contributed by atoms with Gasteiger partial charge in [-0.15, -0.1) is 0 Å². The first-order chi connectivity index (χ1) is 15.1. The lowest BCUT2D eigenvalue weighted by atomic mass is 9.82. The van der Waals surface area contributed by atoms with Crippen LogP contribution in [-0.4, -0.2) is 31.1 Å². The SMILES string of the molecule is C=CC(=O)N1[C@@H](CCCC)CC2=C(Cc3ccccc32)[C@@H]1c1c(OC)cccc1OC. The zero-order valence-corrected chi connectivity index (χ0v) is 18.7. The van der Waals surface area contributed by atoms with E-state index in [0.717, 1.165) is 49.2 Å². The molecule has 0 aromatic heterocycles. The summed E-state index contributed by atoms with van der Waals surface area (Å²) in [6.45, 7) is 6.01. The molecular formula is C27H31NO3. The van der Waals surface area contributed by atoms with Crippen LogP contribution in [0, 0.1) is 0 Å². The van der Waals surface area contributed by atoms with Gasteiger partial charge in [-0.25, -0.2) is 0 Å². The highest BCUT2D eigenvalue weighted by atomic mass is 16.5. The summed E-state index contributed by atoms with van der Waals surface area (Å²) in [6, 6.07) is 14.3. The van der Waals surface area contributed by atoms with Crippen molar-refractivity contribution in [1.29, 1.82) is 0 Å². The molecule has 31 heavy (non-hydrogen) atoms. The van der Waals surface area contributed by atoms with Crippen molar-refractivity contribution >= 4 is 11.5 Å². The maximum atomic E-state index is 13.3. The molecule has 0 fully saturated rings. The number of methoxy groups -OCH3 is 2. The Bertz CT molecular complexity index is 1000. The van der Waals surface area contributed by atoms with Gasteiger partial charge in [0.25, 0.3) is 0 Å². The number of benzene rings is 2. The van der Waals surface area contributed by atoms with Gasteiger partial charge in [-0.1, -0.05) is 56.7 Å². The van der Waals surface area contributed by atoms with Gasteiger partial charge in [0.05, 0.1) is 25.8 Å². The Hall–Kier alpha value is -3.01. The number of unbranched alkanes of at least 4 members (excludes halogenated alkanes) is 1. The monoisotopic (exact) mass is 417 g/mol. The number of rotatable bonds is 7. The minimum absolute atomic E-state index is 0.0402. The molecule has 2 aliphatic rings. The molecule has 1 aliphatic heterocycles. The number of amides is 1. The van der Waals surface area contributed by atoms with E-state index in [1.807, 2.05) is 23.1 Å². The van der Waals surface area contributed by atoms with E-state index < -0.39 is 0 Å². The highest BCUT2D eigenvalue weighted by molar-refractivity contribution is 5.90. The molecule has 2 atom stereocenters. The highest BCUT2D eigenvalue weighted by Crippen LogP contribution is 2.52. The Morgan fingerprint density at radius 3 is 2.48 bits per heavy atom. The lowest BCUT2D eigenvalue weighted by molar-refractivity contribution is -0.130. The summed E-state index contributed by atoms with van der Waals surface area (Å²) in [4.78, 5) is 15.3. The molecule has 1 amide bonds. The van der Waals surface area contributed by atoms with Gasteiger partial charge in [0, 0.05) is 6.04 Å². The number of nitrogens with zero attached hydrogens (tertiary/aromatic N) is 1. The maximum Gasteiger partial charge on any atom is 0.246 e. The zero-order valence-electron chi connectivity index (χ0n) is 18.7. The first-order valence-electron chi connectivity index (χ1n) is 11.1. The first kappa shape index (κ1) is 21.2. The second kappa shape index (κ2) is 9.01. The number of carbonyl (C=O) groups excluding carboxylic acids is 1. The van der Waals surface area contributed by atoms with E-state index in [9.17, 15) is 4.79 Å². The second-order valence-electron chi connectivity index (χ2n) is 8.27. The van der Waals surface area contributed by atoms with Gasteiger partial charge < -0.3 is 14.4 Å². The average molecular weight is 418 g/mol. The molecule has 1 heterocycles. The summed E-state index contributed by atoms with van der Waals surface area (Å²) in [5.41, 5.74) is 6.22. The Balaban J connectivity index is 1.95. The van der Waals surface area contributed by atoms with Gasteiger partial charge in [-0.3, -0.25) is 4.79 Å². The van der Waals surface area contributed by atoms with Gasteiger partial charge in [0.15, 0.2) is 0 Å². The van der Waals surface area contributed by atoms with Crippen LogP contribution in [0.5, 0.6) is 11.5 Å². The molecular weight excluding hydrogens is 386 g/mol. The number of ether oxygens (including phenoxy) is 2. The minimum atomic E-state index is -0.241. The van der Waals surface area contributed by atoms with Crippen molar-refractivity contribution in [3.8, 4) is 11.5 Å². The van der Waals surface area contributed by atoms with Gasteiger partial charge in [-0.05, 0) is 59.7 Å². The quantitative estimate of drug-likeness (QED) is 0.540. The number of carbonyl (C=O) groups is 1. The van der Waals surface area contributed by atoms with E-state index in [1.165, 1.54) is 28.3 Å². The van der Waals surface area contributed by atoms with E-state index >= 15 is 0 Å². The van der Waals surface area contributed by atoms with Crippen molar-refractivity contribution < 1.29 is 14.3 Å². The molecule has 0 unspecified atom stereocenters. The zero-order chi connectivity index (χ0) is 22.0. The van der Waals surface area contributed by atoms with Crippen molar-refractivity contribution in [3.05, 3.63) is 77.4 Å². The molecule has 0 N–H and O–H groups in total. The molecule has 1 aliphatic carbocycles. The summed E-state index contributed by atoms with van der Waals surface area (Å²) >= 11 is 0. The summed E-state index contributed by atoms with van der Waals surface area (Å²) in [7, 11) is 3.35. The van der Waals surface area contributed by atoms with E-state index in [4.69, 9.17) is 9.47 Å². The molecule has 0 radical (unpaired) electrons. The second-order valence-corrected chi connectivity index (χ2v) is 8.27. The third kappa shape index (κ3) is 3.65. The van der Waals surface area contributed by atoms with Crippen LogP contribution in [-0.2, 0) is 11.2 Å². The van der Waals surface area contributed by atoms with Crippen molar-refractivity contribution in [3.63, 3.8) is 0 Å². The third-order valence-corrected chi connectivity index (χ3v) is 6.61. The van der Waals surface area contributed by atoms with Crippen LogP contribution < -0.4 is 9.47 Å². The molecule has 4 nitrogen and oxygen atoms in total. The lowest BCUT2D eigenvalue weighted by Crippen LogP contribution is -2.45. The van der Waals surface area contributed by atoms with Gasteiger partial charge in [0.1, 0.15) is 11.5 Å². The molecule has 0 saturated carbocycles. The average Bonchev–Trinajstić information content (AvgIpc) is 3.19. The van der Waals surface area contributed by atoms with E-state index in [2.05, 4.69) is 37.8 Å². The first-order valence-corrected chi connectivity index (χ1v) is 11.1. The minimum Gasteiger partial charge on any atom is -0.496 e. The smallest absolute Gasteiger partial charge is 0.246 e. The van der Waals surface area contributed by atoms with Crippen molar-refractivity contribution in [2.45, 2.75) is 51.1 Å². The van der Waals surface area contributed by atoms with Crippen molar-refractivity contribution in [2.75, 3.05) is 14.2 Å². The molecule has 4 heteroatoms. The van der Waals surface area contributed by atoms with Crippen LogP contribution in [0.3, 0.4) is 0 Å². The Kier molecular flexibility index (Phi) is 6.17. The summed E-state index contributed by atoms with van der Waals surface area (Å²) in [5, 5.41) is 0. The topological polar surface area (TPSA) is 38.8 Å². The highest BCUT2D eigenvalue weighted by Gasteiger charge is 2.43. The lowest BCUT2D eigenvalue weighted by Gasteiger charge is -2.44. The van der Waals surface area contributed by atoms with Gasteiger partial charge in [0.2, 0.25) is 5.91 Å². The van der Waals surface area contributed by atoms with Crippen LogP contribution in [0.25, 0.3) is 5.57 Å². The molecule has 0 bridgehead atoms. The number of fused-ring (bicyclic) bond motifs is 2. The molecule has 0 saturated heterocycles. The molecule has 2 aromatic rings. The van der Waals surface area contributed by atoms with Crippen LogP contribution in [0.4, 0.5) is 0 Å². The molecule has 0 spiro atoms. The van der Waals surface area contributed by atoms with Crippen LogP contribution in [0.1, 0.15) is 55.3 Å². The largest absolute Gasteiger partial charge is 0.496 e. The fraction of sp³-hybridized carbons (Fsp3) is 0.370.